The minimum absolute atomic E-state index is 0.0672. The lowest BCUT2D eigenvalue weighted by Gasteiger charge is -2.35. The van der Waals surface area contributed by atoms with Crippen LogP contribution in [0.15, 0.2) is 41.2 Å². The number of aliphatic imine (C=N–C) groups is 1. The number of likely N-dealkylation sites (N-methyl/N-ethyl adjacent to an activating group) is 1. The topological polar surface area (TPSA) is 94.0 Å². The van der Waals surface area contributed by atoms with Gasteiger partial charge in [0.05, 0.1) is 16.9 Å². The maximum Gasteiger partial charge on any atom is 0.414 e. The van der Waals surface area contributed by atoms with Crippen molar-refractivity contribution in [1.82, 2.24) is 14.9 Å². The highest BCUT2D eigenvalue weighted by molar-refractivity contribution is 6.11. The summed E-state index contributed by atoms with van der Waals surface area (Å²) >= 11 is 0. The Balaban J connectivity index is 1.73. The summed E-state index contributed by atoms with van der Waals surface area (Å²) in [5.74, 6) is -4.18. The molecule has 4 rings (SSSR count). The number of carbonyl (C=O) groups excluding carboxylic acids is 2. The van der Waals surface area contributed by atoms with Crippen LogP contribution < -0.4 is 15.1 Å². The SMILES string of the molecule is CN1CCN(c2cc(F)c(-c3cnc(N(C)C)nc3)cc2NC(=O)C2C=NC(=O)C=C2C(F)(F)F)CC1. The van der Waals surface area contributed by atoms with E-state index in [0.29, 0.717) is 55.7 Å². The first-order chi connectivity index (χ1) is 17.4. The predicted octanol–water partition coefficient (Wildman–Crippen LogP) is 2.75. The Hall–Kier alpha value is -3.87. The number of benzene rings is 1. The van der Waals surface area contributed by atoms with Crippen molar-refractivity contribution < 1.29 is 27.2 Å². The van der Waals surface area contributed by atoms with Gasteiger partial charge in [-0.05, 0) is 19.2 Å². The number of halogens is 4. The Morgan fingerprint density at radius 3 is 2.35 bits per heavy atom. The largest absolute Gasteiger partial charge is 0.414 e. The van der Waals surface area contributed by atoms with Gasteiger partial charge in [-0.25, -0.2) is 19.4 Å². The number of nitrogens with one attached hydrogen (secondary N) is 1. The van der Waals surface area contributed by atoms with E-state index in [9.17, 15) is 22.8 Å². The number of dihydropyridines is 1. The van der Waals surface area contributed by atoms with Crippen LogP contribution in [0.1, 0.15) is 0 Å². The van der Waals surface area contributed by atoms with E-state index in [1.807, 2.05) is 11.9 Å². The summed E-state index contributed by atoms with van der Waals surface area (Å²) in [6, 6.07) is 2.60. The number of rotatable bonds is 5. The molecule has 196 valence electrons. The average Bonchev–Trinajstić information content (AvgIpc) is 2.85. The van der Waals surface area contributed by atoms with Crippen molar-refractivity contribution in [2.45, 2.75) is 6.18 Å². The maximum atomic E-state index is 15.3. The van der Waals surface area contributed by atoms with Crippen LogP contribution in [0.2, 0.25) is 0 Å². The number of alkyl halides is 3. The normalized spacial score (nSPS) is 18.6. The standard InChI is InChI=1S/C24H25F4N7O2/c1-33(2)23-30-11-14(12-31-23)15-8-19(20(10-18(15)25)35-6-4-34(3)5-7-35)32-22(37)16-13-29-21(36)9-17(16)24(26,27)28/h8-13,16H,4-7H2,1-3H3,(H,32,37). The van der Waals surface area contributed by atoms with E-state index in [2.05, 4.69) is 25.2 Å². The van der Waals surface area contributed by atoms with Crippen molar-refractivity contribution in [3.63, 3.8) is 0 Å². The second-order valence-electron chi connectivity index (χ2n) is 8.99. The van der Waals surface area contributed by atoms with Gasteiger partial charge in [0.2, 0.25) is 11.9 Å². The zero-order chi connectivity index (χ0) is 26.9. The number of carbonyl (C=O) groups is 2. The molecule has 0 saturated carbocycles. The van der Waals surface area contributed by atoms with E-state index in [1.165, 1.54) is 24.5 Å². The Labute approximate surface area is 210 Å². The monoisotopic (exact) mass is 519 g/mol. The third kappa shape index (κ3) is 5.77. The lowest BCUT2D eigenvalue weighted by atomic mass is 9.95. The second kappa shape index (κ2) is 10.2. The molecule has 1 aromatic carbocycles. The summed E-state index contributed by atoms with van der Waals surface area (Å²) in [6.45, 7) is 2.39. The second-order valence-corrected chi connectivity index (χ2v) is 8.99. The van der Waals surface area contributed by atoms with Crippen LogP contribution in [0, 0.1) is 11.7 Å². The number of nitrogens with zero attached hydrogens (tertiary/aromatic N) is 6. The summed E-state index contributed by atoms with van der Waals surface area (Å²) in [4.78, 5) is 41.9. The van der Waals surface area contributed by atoms with Crippen molar-refractivity contribution >= 4 is 35.4 Å². The minimum atomic E-state index is -4.91. The molecular formula is C24H25F4N7O2. The molecule has 1 atom stereocenters. The molecular weight excluding hydrogens is 494 g/mol. The molecule has 1 N–H and O–H groups in total. The van der Waals surface area contributed by atoms with E-state index >= 15 is 4.39 Å². The Morgan fingerprint density at radius 1 is 1.11 bits per heavy atom. The summed E-state index contributed by atoms with van der Waals surface area (Å²) in [5, 5.41) is 2.52. The third-order valence-corrected chi connectivity index (χ3v) is 6.11. The summed E-state index contributed by atoms with van der Waals surface area (Å²) in [7, 11) is 5.44. The van der Waals surface area contributed by atoms with Crippen LogP contribution in [0.25, 0.3) is 11.1 Å². The maximum absolute atomic E-state index is 15.3. The highest BCUT2D eigenvalue weighted by atomic mass is 19.4. The number of amides is 2. The fourth-order valence-corrected chi connectivity index (χ4v) is 4.05. The van der Waals surface area contributed by atoms with E-state index in [1.54, 1.807) is 19.0 Å². The van der Waals surface area contributed by atoms with Gasteiger partial charge in [-0.2, -0.15) is 13.2 Å². The molecule has 3 heterocycles. The van der Waals surface area contributed by atoms with E-state index in [-0.39, 0.29) is 11.3 Å². The first-order valence-electron chi connectivity index (χ1n) is 11.4. The molecule has 2 amide bonds. The highest BCUT2D eigenvalue weighted by Gasteiger charge is 2.43. The van der Waals surface area contributed by atoms with Gasteiger partial charge in [0.15, 0.2) is 0 Å². The van der Waals surface area contributed by atoms with Gasteiger partial charge >= 0.3 is 6.18 Å². The number of hydrogen-bond donors (Lipinski definition) is 1. The zero-order valence-electron chi connectivity index (χ0n) is 20.4. The molecule has 1 aromatic heterocycles. The number of piperazine rings is 1. The highest BCUT2D eigenvalue weighted by Crippen LogP contribution is 2.37. The van der Waals surface area contributed by atoms with Gasteiger partial charge in [0.1, 0.15) is 11.7 Å². The smallest absolute Gasteiger partial charge is 0.367 e. The molecule has 0 aliphatic carbocycles. The minimum Gasteiger partial charge on any atom is -0.367 e. The molecule has 0 radical (unpaired) electrons. The molecule has 2 aromatic rings. The Morgan fingerprint density at radius 2 is 1.76 bits per heavy atom. The van der Waals surface area contributed by atoms with Gasteiger partial charge in [-0.15, -0.1) is 0 Å². The molecule has 2 aliphatic heterocycles. The first kappa shape index (κ1) is 26.2. The van der Waals surface area contributed by atoms with E-state index in [4.69, 9.17) is 0 Å². The predicted molar refractivity (Wildman–Crippen MR) is 131 cm³/mol. The van der Waals surface area contributed by atoms with E-state index in [0.717, 1.165) is 0 Å². The molecule has 0 spiro atoms. The van der Waals surface area contributed by atoms with Crippen LogP contribution in [0.4, 0.5) is 34.9 Å². The first-order valence-corrected chi connectivity index (χ1v) is 11.4. The molecule has 2 aliphatic rings. The Kier molecular flexibility index (Phi) is 7.25. The number of aromatic nitrogens is 2. The van der Waals surface area contributed by atoms with Crippen molar-refractivity contribution in [2.75, 3.05) is 62.4 Å². The van der Waals surface area contributed by atoms with Crippen LogP contribution in [0.3, 0.4) is 0 Å². The summed E-state index contributed by atoms with van der Waals surface area (Å²) in [5.41, 5.74) is -0.479. The summed E-state index contributed by atoms with van der Waals surface area (Å²) in [6.07, 6.45) is -1.08. The molecule has 1 saturated heterocycles. The van der Waals surface area contributed by atoms with E-state index < -0.39 is 35.3 Å². The van der Waals surface area contributed by atoms with Gasteiger partial charge in [-0.3, -0.25) is 9.59 Å². The van der Waals surface area contributed by atoms with Crippen molar-refractivity contribution in [3.05, 3.63) is 42.0 Å². The van der Waals surface area contributed by atoms with Crippen molar-refractivity contribution in [2.24, 2.45) is 10.9 Å². The van der Waals surface area contributed by atoms with Gasteiger partial charge < -0.3 is 20.0 Å². The summed E-state index contributed by atoms with van der Waals surface area (Å²) < 4.78 is 56.0. The van der Waals surface area contributed by atoms with Gasteiger partial charge in [0.25, 0.3) is 5.91 Å². The molecule has 13 heteroatoms. The van der Waals surface area contributed by atoms with Crippen LogP contribution in [0.5, 0.6) is 0 Å². The van der Waals surface area contributed by atoms with Crippen molar-refractivity contribution in [1.29, 1.82) is 0 Å². The van der Waals surface area contributed by atoms with Crippen LogP contribution in [-0.4, -0.2) is 86.4 Å². The lowest BCUT2D eigenvalue weighted by molar-refractivity contribution is -0.124. The number of anilines is 3. The molecule has 1 fully saturated rings. The molecule has 9 nitrogen and oxygen atoms in total. The number of hydrogen-bond acceptors (Lipinski definition) is 7. The Bertz CT molecular complexity index is 1250. The molecule has 1 unspecified atom stereocenters. The fraction of sp³-hybridized carbons (Fsp3) is 0.375. The molecule has 37 heavy (non-hydrogen) atoms. The van der Waals surface area contributed by atoms with Crippen LogP contribution >= 0.6 is 0 Å². The zero-order valence-corrected chi connectivity index (χ0v) is 20.4. The average molecular weight is 520 g/mol. The molecule has 0 bridgehead atoms. The van der Waals surface area contributed by atoms with Crippen LogP contribution in [-0.2, 0) is 9.59 Å². The van der Waals surface area contributed by atoms with Crippen molar-refractivity contribution in [3.8, 4) is 11.1 Å². The lowest BCUT2D eigenvalue weighted by Crippen LogP contribution is -2.45. The third-order valence-electron chi connectivity index (χ3n) is 6.11. The quantitative estimate of drug-likeness (QED) is 0.608. The fourth-order valence-electron chi connectivity index (χ4n) is 4.05. The van der Waals surface area contributed by atoms with Gasteiger partial charge in [-0.1, -0.05) is 0 Å². The van der Waals surface area contributed by atoms with Gasteiger partial charge in [0, 0.05) is 76.1 Å².